The van der Waals surface area contributed by atoms with Crippen molar-refractivity contribution in [1.29, 1.82) is 0 Å². The predicted octanol–water partition coefficient (Wildman–Crippen LogP) is -0.384. The van der Waals surface area contributed by atoms with Gasteiger partial charge in [-0.25, -0.2) is 4.79 Å². The highest BCUT2D eigenvalue weighted by atomic mass is 79.9. The van der Waals surface area contributed by atoms with E-state index in [2.05, 4.69) is 25.6 Å². The first kappa shape index (κ1) is 17.6. The van der Waals surface area contributed by atoms with Gasteiger partial charge in [0.25, 0.3) is 15.7 Å². The van der Waals surface area contributed by atoms with Gasteiger partial charge in [0.2, 0.25) is 0 Å². The monoisotopic (exact) mass is 382 g/mol. The van der Waals surface area contributed by atoms with Gasteiger partial charge in [-0.15, -0.1) is 20.2 Å². The van der Waals surface area contributed by atoms with Crippen LogP contribution in [-0.2, 0) is 29.9 Å². The highest BCUT2D eigenvalue weighted by Crippen LogP contribution is 2.12. The molecule has 0 saturated heterocycles. The number of halogens is 1. The molecule has 13 heteroatoms. The fraction of sp³-hybridized carbons (Fsp3) is 0.556. The number of hydrogen-bond donors (Lipinski definition) is 0. The van der Waals surface area contributed by atoms with Crippen LogP contribution in [0.1, 0.15) is 12.1 Å². The zero-order valence-corrected chi connectivity index (χ0v) is 12.8. The Morgan fingerprint density at radius 2 is 1.77 bits per heavy atom. The molecule has 0 radical (unpaired) electrons. The van der Waals surface area contributed by atoms with Crippen LogP contribution in [-0.4, -0.2) is 25.9 Å². The lowest BCUT2D eigenvalue weighted by molar-refractivity contribution is -0.763. The molecule has 12 nitrogen and oxygen atoms in total. The average molecular weight is 383 g/mol. The SMILES string of the molecule is Cn1c(=O)c(Br)c(CO[N+](=O)[O-])n(CCCO[N+](=O)[O-])c1=O. The first-order chi connectivity index (χ1) is 10.3. The lowest BCUT2D eigenvalue weighted by Crippen LogP contribution is -2.41. The molecule has 0 aliphatic carbocycles. The Hall–Kier alpha value is -2.44. The molecule has 0 aromatic carbocycles. The van der Waals surface area contributed by atoms with Crippen molar-refractivity contribution in [2.24, 2.45) is 7.05 Å². The smallest absolute Gasteiger partial charge is 0.314 e. The summed E-state index contributed by atoms with van der Waals surface area (Å²) in [6, 6.07) is 0. The van der Waals surface area contributed by atoms with Crippen molar-refractivity contribution in [1.82, 2.24) is 9.13 Å². The molecule has 1 rings (SSSR count). The van der Waals surface area contributed by atoms with Crippen LogP contribution in [0, 0.1) is 20.2 Å². The second kappa shape index (κ2) is 7.53. The summed E-state index contributed by atoms with van der Waals surface area (Å²) in [5, 5.41) is 18.3. The van der Waals surface area contributed by atoms with E-state index >= 15 is 0 Å². The molecule has 0 saturated carbocycles. The molecule has 0 fully saturated rings. The fourth-order valence-corrected chi connectivity index (χ4v) is 2.21. The van der Waals surface area contributed by atoms with E-state index in [0.29, 0.717) is 0 Å². The summed E-state index contributed by atoms with van der Waals surface area (Å²) < 4.78 is 1.79. The summed E-state index contributed by atoms with van der Waals surface area (Å²) in [6.45, 7) is -0.930. The van der Waals surface area contributed by atoms with E-state index in [1.54, 1.807) is 0 Å². The zero-order valence-electron chi connectivity index (χ0n) is 11.3. The molecule has 0 N–H and O–H groups in total. The van der Waals surface area contributed by atoms with E-state index in [0.717, 1.165) is 9.13 Å². The summed E-state index contributed by atoms with van der Waals surface area (Å²) >= 11 is 2.96. The number of hydrogen-bond acceptors (Lipinski definition) is 8. The third-order valence-electron chi connectivity index (χ3n) is 2.62. The van der Waals surface area contributed by atoms with E-state index in [9.17, 15) is 29.8 Å². The molecule has 0 aliphatic rings. The molecular weight excluding hydrogens is 372 g/mol. The number of nitrogens with zero attached hydrogens (tertiary/aromatic N) is 4. The van der Waals surface area contributed by atoms with Crippen LogP contribution in [0.15, 0.2) is 14.1 Å². The summed E-state index contributed by atoms with van der Waals surface area (Å²) in [5.74, 6) is 0. The van der Waals surface area contributed by atoms with Crippen LogP contribution in [0.25, 0.3) is 0 Å². The number of rotatable bonds is 8. The quantitative estimate of drug-likeness (QED) is 0.335. The highest BCUT2D eigenvalue weighted by Gasteiger charge is 2.16. The maximum atomic E-state index is 12.0. The lowest BCUT2D eigenvalue weighted by Gasteiger charge is -2.14. The summed E-state index contributed by atoms with van der Waals surface area (Å²) in [5.41, 5.74) is -1.44. The van der Waals surface area contributed by atoms with Gasteiger partial charge in [-0.1, -0.05) is 0 Å². The molecule has 1 aromatic heterocycles. The van der Waals surface area contributed by atoms with Gasteiger partial charge in [0.05, 0.1) is 12.3 Å². The molecule has 0 spiro atoms. The van der Waals surface area contributed by atoms with Crippen molar-refractivity contribution >= 4 is 15.9 Å². The first-order valence-electron chi connectivity index (χ1n) is 5.78. The topological polar surface area (TPSA) is 149 Å². The molecule has 122 valence electrons. The van der Waals surface area contributed by atoms with Crippen LogP contribution < -0.4 is 11.2 Å². The van der Waals surface area contributed by atoms with Gasteiger partial charge in [0.15, 0.2) is 0 Å². The van der Waals surface area contributed by atoms with Crippen molar-refractivity contribution in [3.8, 4) is 0 Å². The summed E-state index contributed by atoms with van der Waals surface area (Å²) in [7, 11) is 1.23. The molecule has 0 aliphatic heterocycles. The van der Waals surface area contributed by atoms with Gasteiger partial charge in [-0.3, -0.25) is 13.9 Å². The summed E-state index contributed by atoms with van der Waals surface area (Å²) in [4.78, 5) is 52.4. The lowest BCUT2D eigenvalue weighted by atomic mass is 10.3. The van der Waals surface area contributed by atoms with Gasteiger partial charge in [-0.05, 0) is 22.4 Å². The van der Waals surface area contributed by atoms with Crippen LogP contribution in [0.4, 0.5) is 0 Å². The normalized spacial score (nSPS) is 10.3. The number of aromatic nitrogens is 2. The average Bonchev–Trinajstić information content (AvgIpc) is 2.44. The molecule has 1 heterocycles. The Morgan fingerprint density at radius 1 is 1.18 bits per heavy atom. The van der Waals surface area contributed by atoms with Crippen LogP contribution >= 0.6 is 15.9 Å². The van der Waals surface area contributed by atoms with Gasteiger partial charge in [-0.2, -0.15) is 0 Å². The second-order valence-electron chi connectivity index (χ2n) is 3.97. The van der Waals surface area contributed by atoms with Crippen molar-refractivity contribution in [2.75, 3.05) is 6.61 Å². The van der Waals surface area contributed by atoms with E-state index in [-0.39, 0.29) is 29.7 Å². The Balaban J connectivity index is 3.10. The van der Waals surface area contributed by atoms with Crippen molar-refractivity contribution in [2.45, 2.75) is 19.6 Å². The maximum Gasteiger partial charge on any atom is 0.331 e. The Kier molecular flexibility index (Phi) is 6.03. The van der Waals surface area contributed by atoms with Crippen molar-refractivity contribution < 1.29 is 19.8 Å². The van der Waals surface area contributed by atoms with Crippen molar-refractivity contribution in [3.05, 3.63) is 51.2 Å². The standard InChI is InChI=1S/C9H11BrN4O8/c1-11-8(15)7(10)6(5-22-14(19)20)12(9(11)16)3-2-4-21-13(17)18/h2-5H2,1H3. The zero-order chi connectivity index (χ0) is 16.9. The van der Waals surface area contributed by atoms with E-state index in [1.165, 1.54) is 7.05 Å². The minimum Gasteiger partial charge on any atom is -0.314 e. The van der Waals surface area contributed by atoms with E-state index in [1.807, 2.05) is 0 Å². The molecule has 1 aromatic rings. The maximum absolute atomic E-state index is 12.0. The van der Waals surface area contributed by atoms with Crippen LogP contribution in [0.2, 0.25) is 0 Å². The van der Waals surface area contributed by atoms with Gasteiger partial charge in [0.1, 0.15) is 11.1 Å². The first-order valence-corrected chi connectivity index (χ1v) is 6.57. The Morgan fingerprint density at radius 3 is 2.32 bits per heavy atom. The fourth-order valence-electron chi connectivity index (χ4n) is 1.62. The molecule has 0 amide bonds. The van der Waals surface area contributed by atoms with Gasteiger partial charge >= 0.3 is 5.69 Å². The molecule has 22 heavy (non-hydrogen) atoms. The Bertz CT molecular complexity index is 696. The second-order valence-corrected chi connectivity index (χ2v) is 4.76. The van der Waals surface area contributed by atoms with Gasteiger partial charge in [0, 0.05) is 13.6 Å². The molecule has 0 bridgehead atoms. The Labute approximate surface area is 130 Å². The minimum absolute atomic E-state index is 0.0362. The van der Waals surface area contributed by atoms with Crippen LogP contribution in [0.3, 0.4) is 0 Å². The van der Waals surface area contributed by atoms with Gasteiger partial charge < -0.3 is 9.68 Å². The molecule has 0 atom stereocenters. The third-order valence-corrected chi connectivity index (χ3v) is 3.42. The highest BCUT2D eigenvalue weighted by molar-refractivity contribution is 9.10. The third kappa shape index (κ3) is 4.28. The van der Waals surface area contributed by atoms with E-state index < -0.39 is 28.0 Å². The molecule has 0 unspecified atom stereocenters. The van der Waals surface area contributed by atoms with Crippen LogP contribution in [0.5, 0.6) is 0 Å². The van der Waals surface area contributed by atoms with E-state index in [4.69, 9.17) is 0 Å². The van der Waals surface area contributed by atoms with Crippen molar-refractivity contribution in [3.63, 3.8) is 0 Å². The minimum atomic E-state index is -1.06. The predicted molar refractivity (Wildman–Crippen MR) is 73.0 cm³/mol. The summed E-state index contributed by atoms with van der Waals surface area (Å²) in [6.07, 6.45) is 0.0804. The molecular formula is C9H11BrN4O8. The largest absolute Gasteiger partial charge is 0.331 e.